The van der Waals surface area contributed by atoms with Crippen molar-refractivity contribution in [2.45, 2.75) is 32.7 Å². The first-order valence-electron chi connectivity index (χ1n) is 8.34. The molecule has 0 radical (unpaired) electrons. The minimum Gasteiger partial charge on any atom is -0.334 e. The maximum atomic E-state index is 12.9. The van der Waals surface area contributed by atoms with Gasteiger partial charge in [0.25, 0.3) is 11.5 Å². The number of aromatic amines is 1. The lowest BCUT2D eigenvalue weighted by molar-refractivity contribution is 0.0780. The predicted octanol–water partition coefficient (Wildman–Crippen LogP) is 3.44. The average Bonchev–Trinajstić information content (AvgIpc) is 3.20. The van der Waals surface area contributed by atoms with E-state index in [2.05, 4.69) is 16.9 Å². The minimum absolute atomic E-state index is 0.000109. The molecule has 7 heteroatoms. The van der Waals surface area contributed by atoms with E-state index in [1.165, 1.54) is 21.8 Å². The van der Waals surface area contributed by atoms with Crippen LogP contribution in [0.4, 0.5) is 0 Å². The van der Waals surface area contributed by atoms with E-state index in [9.17, 15) is 9.59 Å². The van der Waals surface area contributed by atoms with Crippen LogP contribution >= 0.6 is 22.7 Å². The van der Waals surface area contributed by atoms with Crippen molar-refractivity contribution in [3.05, 3.63) is 49.0 Å². The number of fused-ring (bicyclic) bond motifs is 2. The van der Waals surface area contributed by atoms with Crippen LogP contribution in [0.2, 0.25) is 0 Å². The van der Waals surface area contributed by atoms with Gasteiger partial charge in [-0.1, -0.05) is 6.92 Å². The number of nitrogens with one attached hydrogen (secondary N) is 1. The molecule has 0 bridgehead atoms. The van der Waals surface area contributed by atoms with E-state index >= 15 is 0 Å². The number of carbonyl (C=O) groups excluding carboxylic acids is 1. The first-order valence-corrected chi connectivity index (χ1v) is 10.1. The molecule has 4 rings (SSSR count). The molecule has 0 fully saturated rings. The highest BCUT2D eigenvalue weighted by atomic mass is 32.1. The van der Waals surface area contributed by atoms with Gasteiger partial charge in [-0.05, 0) is 42.2 Å². The first kappa shape index (κ1) is 16.5. The standard InChI is InChI=1S/C18H19N3O2S2/c1-10-3-4-11-12(9-25-14(11)7-10)18(23)21(2)8-15-19-13-5-6-24-16(13)17(22)20-15/h5-6,9-10H,3-4,7-8H2,1-2H3,(H,19,20,22). The highest BCUT2D eigenvalue weighted by molar-refractivity contribution is 7.17. The van der Waals surface area contributed by atoms with E-state index < -0.39 is 0 Å². The zero-order valence-electron chi connectivity index (χ0n) is 14.2. The molecule has 130 valence electrons. The van der Waals surface area contributed by atoms with Crippen LogP contribution < -0.4 is 5.56 Å². The lowest BCUT2D eigenvalue weighted by Crippen LogP contribution is -2.29. The van der Waals surface area contributed by atoms with E-state index in [0.29, 0.717) is 28.5 Å². The highest BCUT2D eigenvalue weighted by Crippen LogP contribution is 2.33. The fourth-order valence-electron chi connectivity index (χ4n) is 3.36. The van der Waals surface area contributed by atoms with Gasteiger partial charge >= 0.3 is 0 Å². The summed E-state index contributed by atoms with van der Waals surface area (Å²) >= 11 is 3.07. The fourth-order valence-corrected chi connectivity index (χ4v) is 5.32. The maximum Gasteiger partial charge on any atom is 0.268 e. The molecule has 0 saturated carbocycles. The summed E-state index contributed by atoms with van der Waals surface area (Å²) in [4.78, 5) is 35.2. The lowest BCUT2D eigenvalue weighted by atomic mass is 9.88. The summed E-state index contributed by atoms with van der Waals surface area (Å²) < 4.78 is 0.624. The van der Waals surface area contributed by atoms with Crippen LogP contribution in [0.15, 0.2) is 21.6 Å². The Morgan fingerprint density at radius 3 is 3.12 bits per heavy atom. The third-order valence-corrected chi connectivity index (χ3v) is 6.68. The van der Waals surface area contributed by atoms with Gasteiger partial charge in [-0.2, -0.15) is 0 Å². The Hall–Kier alpha value is -1.99. The number of nitrogens with zero attached hydrogens (tertiary/aromatic N) is 2. The summed E-state index contributed by atoms with van der Waals surface area (Å²) in [6, 6.07) is 1.83. The quantitative estimate of drug-likeness (QED) is 0.765. The van der Waals surface area contributed by atoms with Crippen LogP contribution in [-0.2, 0) is 19.4 Å². The number of thiophene rings is 2. The Balaban J connectivity index is 1.57. The van der Waals surface area contributed by atoms with Gasteiger partial charge in [-0.25, -0.2) is 4.98 Å². The van der Waals surface area contributed by atoms with Crippen molar-refractivity contribution in [1.29, 1.82) is 0 Å². The normalized spacial score (nSPS) is 16.8. The van der Waals surface area contributed by atoms with Crippen LogP contribution in [0.1, 0.15) is 40.0 Å². The van der Waals surface area contributed by atoms with Crippen molar-refractivity contribution < 1.29 is 4.79 Å². The molecule has 1 amide bonds. The molecule has 0 aliphatic heterocycles. The fraction of sp³-hybridized carbons (Fsp3) is 0.389. The number of H-pyrrole nitrogens is 1. The van der Waals surface area contributed by atoms with Crippen molar-refractivity contribution in [2.24, 2.45) is 5.92 Å². The maximum absolute atomic E-state index is 12.9. The van der Waals surface area contributed by atoms with E-state index in [1.54, 1.807) is 23.3 Å². The summed E-state index contributed by atoms with van der Waals surface area (Å²) in [7, 11) is 1.76. The molecule has 0 saturated heterocycles. The zero-order valence-corrected chi connectivity index (χ0v) is 15.8. The summed E-state index contributed by atoms with van der Waals surface area (Å²) in [5.74, 6) is 1.21. The third-order valence-electron chi connectivity index (χ3n) is 4.73. The number of hydrogen-bond acceptors (Lipinski definition) is 5. The molecule has 1 unspecified atom stereocenters. The summed E-state index contributed by atoms with van der Waals surface area (Å²) in [5, 5.41) is 3.84. The molecule has 1 N–H and O–H groups in total. The summed E-state index contributed by atoms with van der Waals surface area (Å²) in [6.45, 7) is 2.56. The van der Waals surface area contributed by atoms with Crippen molar-refractivity contribution in [3.63, 3.8) is 0 Å². The minimum atomic E-state index is -0.141. The van der Waals surface area contributed by atoms with Crippen molar-refractivity contribution in [3.8, 4) is 0 Å². The van der Waals surface area contributed by atoms with Crippen LogP contribution in [0.25, 0.3) is 10.2 Å². The summed E-state index contributed by atoms with van der Waals surface area (Å²) in [5.41, 5.74) is 2.58. The molecular formula is C18H19N3O2S2. The van der Waals surface area contributed by atoms with Gasteiger partial charge in [0.2, 0.25) is 0 Å². The van der Waals surface area contributed by atoms with E-state index in [1.807, 2.05) is 16.8 Å². The number of aromatic nitrogens is 2. The van der Waals surface area contributed by atoms with Gasteiger partial charge < -0.3 is 9.88 Å². The van der Waals surface area contributed by atoms with Gasteiger partial charge in [0, 0.05) is 17.3 Å². The second-order valence-corrected chi connectivity index (χ2v) is 8.59. The SMILES string of the molecule is CC1CCc2c(C(=O)N(C)Cc3nc4ccsc4c(=O)[nH]3)csc2C1. The van der Waals surface area contributed by atoms with Crippen LogP contribution in [0, 0.1) is 5.92 Å². The summed E-state index contributed by atoms with van der Waals surface area (Å²) in [6.07, 6.45) is 3.18. The van der Waals surface area contributed by atoms with Gasteiger partial charge in [-0.15, -0.1) is 22.7 Å². The lowest BCUT2D eigenvalue weighted by Gasteiger charge is -2.21. The Kier molecular flexibility index (Phi) is 4.21. The number of carbonyl (C=O) groups is 1. The second kappa shape index (κ2) is 6.38. The van der Waals surface area contributed by atoms with Gasteiger partial charge in [0.1, 0.15) is 10.5 Å². The number of rotatable bonds is 3. The van der Waals surface area contributed by atoms with Crippen LogP contribution in [0.3, 0.4) is 0 Å². The van der Waals surface area contributed by atoms with Crippen molar-refractivity contribution in [1.82, 2.24) is 14.9 Å². The first-order chi connectivity index (χ1) is 12.0. The molecule has 0 aromatic carbocycles. The Bertz CT molecular complexity index is 1000. The van der Waals surface area contributed by atoms with Crippen molar-refractivity contribution in [2.75, 3.05) is 7.05 Å². The second-order valence-electron chi connectivity index (χ2n) is 6.71. The zero-order chi connectivity index (χ0) is 17.6. The smallest absolute Gasteiger partial charge is 0.268 e. The molecule has 1 atom stereocenters. The topological polar surface area (TPSA) is 66.1 Å². The molecule has 5 nitrogen and oxygen atoms in total. The number of amides is 1. The Morgan fingerprint density at radius 1 is 1.44 bits per heavy atom. The average molecular weight is 374 g/mol. The van der Waals surface area contributed by atoms with E-state index in [-0.39, 0.29) is 11.5 Å². The van der Waals surface area contributed by atoms with Crippen molar-refractivity contribution >= 4 is 38.8 Å². The Morgan fingerprint density at radius 2 is 2.28 bits per heavy atom. The molecular weight excluding hydrogens is 354 g/mol. The monoisotopic (exact) mass is 373 g/mol. The largest absolute Gasteiger partial charge is 0.334 e. The molecule has 25 heavy (non-hydrogen) atoms. The molecule has 3 heterocycles. The van der Waals surface area contributed by atoms with Crippen LogP contribution in [-0.4, -0.2) is 27.8 Å². The molecule has 1 aliphatic carbocycles. The molecule has 3 aromatic heterocycles. The molecule has 1 aliphatic rings. The number of hydrogen-bond donors (Lipinski definition) is 1. The predicted molar refractivity (Wildman–Crippen MR) is 102 cm³/mol. The molecule has 0 spiro atoms. The highest BCUT2D eigenvalue weighted by Gasteiger charge is 2.25. The molecule has 3 aromatic rings. The third kappa shape index (κ3) is 3.02. The van der Waals surface area contributed by atoms with Gasteiger partial charge in [0.15, 0.2) is 0 Å². The van der Waals surface area contributed by atoms with Gasteiger partial charge in [-0.3, -0.25) is 9.59 Å². The Labute approximate surface area is 153 Å². The van der Waals surface area contributed by atoms with E-state index in [4.69, 9.17) is 0 Å². The van der Waals surface area contributed by atoms with Crippen LogP contribution in [0.5, 0.6) is 0 Å². The van der Waals surface area contributed by atoms with Gasteiger partial charge in [0.05, 0.1) is 17.6 Å². The van der Waals surface area contributed by atoms with E-state index in [0.717, 1.165) is 24.8 Å².